The summed E-state index contributed by atoms with van der Waals surface area (Å²) in [4.78, 5) is 10.9. The number of carbonyl (C=O) groups excluding carboxylic acids is 1. The molecule has 0 aliphatic rings. The number of amides is 1. The molecule has 1 aromatic carbocycles. The first kappa shape index (κ1) is 11.7. The van der Waals surface area contributed by atoms with E-state index in [0.717, 1.165) is 0 Å². The maximum atomic E-state index is 12.6. The van der Waals surface area contributed by atoms with E-state index in [-0.39, 0.29) is 11.5 Å². The molecule has 0 unspecified atom stereocenters. The van der Waals surface area contributed by atoms with Gasteiger partial charge in [0, 0.05) is 11.4 Å². The van der Waals surface area contributed by atoms with E-state index in [4.69, 9.17) is 11.0 Å². The molecule has 0 aliphatic heterocycles. The summed E-state index contributed by atoms with van der Waals surface area (Å²) in [6.07, 6.45) is 0. The molecule has 0 saturated heterocycles. The van der Waals surface area contributed by atoms with Crippen LogP contribution >= 0.6 is 0 Å². The molecule has 82 valence electrons. The van der Waals surface area contributed by atoms with Crippen molar-refractivity contribution in [3.63, 3.8) is 0 Å². The minimum absolute atomic E-state index is 0.168. The standard InChI is InChI=1S/C11H10FN3O/c1-7(10(6-13)11(14)16)15-9-4-2-8(12)3-5-9/h2-5,10,15H,1H2,(H2,14,16)/t10-/m1/s1. The molecule has 4 nitrogen and oxygen atoms in total. The molecule has 0 heterocycles. The molecule has 1 amide bonds. The van der Waals surface area contributed by atoms with Gasteiger partial charge >= 0.3 is 0 Å². The summed E-state index contributed by atoms with van der Waals surface area (Å²) in [5.74, 6) is -2.25. The molecule has 0 bridgehead atoms. The van der Waals surface area contributed by atoms with Gasteiger partial charge in [0.15, 0.2) is 5.92 Å². The predicted molar refractivity (Wildman–Crippen MR) is 57.5 cm³/mol. The second-order valence-corrected chi connectivity index (χ2v) is 3.12. The number of nitrogens with zero attached hydrogens (tertiary/aromatic N) is 1. The van der Waals surface area contributed by atoms with Crippen molar-refractivity contribution < 1.29 is 9.18 Å². The van der Waals surface area contributed by atoms with Crippen molar-refractivity contribution in [2.75, 3.05) is 5.32 Å². The first-order valence-electron chi connectivity index (χ1n) is 4.45. The third-order valence-electron chi connectivity index (χ3n) is 1.91. The van der Waals surface area contributed by atoms with E-state index in [1.54, 1.807) is 6.07 Å². The number of benzene rings is 1. The number of anilines is 1. The van der Waals surface area contributed by atoms with Crippen molar-refractivity contribution in [2.45, 2.75) is 0 Å². The number of hydrogen-bond donors (Lipinski definition) is 2. The summed E-state index contributed by atoms with van der Waals surface area (Å²) in [7, 11) is 0. The largest absolute Gasteiger partial charge is 0.368 e. The van der Waals surface area contributed by atoms with Gasteiger partial charge in [-0.25, -0.2) is 4.39 Å². The van der Waals surface area contributed by atoms with Crippen LogP contribution in [0.3, 0.4) is 0 Å². The minimum Gasteiger partial charge on any atom is -0.368 e. The highest BCUT2D eigenvalue weighted by Gasteiger charge is 2.18. The molecule has 0 aromatic heterocycles. The highest BCUT2D eigenvalue weighted by Crippen LogP contribution is 2.14. The van der Waals surface area contributed by atoms with Crippen LogP contribution in [0, 0.1) is 23.1 Å². The van der Waals surface area contributed by atoms with Crippen molar-refractivity contribution in [1.82, 2.24) is 0 Å². The van der Waals surface area contributed by atoms with E-state index in [2.05, 4.69) is 11.9 Å². The van der Waals surface area contributed by atoms with Crippen LogP contribution in [0.1, 0.15) is 0 Å². The molecule has 0 saturated carbocycles. The average molecular weight is 219 g/mol. The lowest BCUT2D eigenvalue weighted by atomic mass is 10.1. The van der Waals surface area contributed by atoms with Crippen LogP contribution in [0.15, 0.2) is 36.5 Å². The van der Waals surface area contributed by atoms with Gasteiger partial charge in [0.05, 0.1) is 6.07 Å². The number of nitriles is 1. The van der Waals surface area contributed by atoms with Gasteiger partial charge in [-0.05, 0) is 24.3 Å². The van der Waals surface area contributed by atoms with Gasteiger partial charge in [-0.2, -0.15) is 5.26 Å². The van der Waals surface area contributed by atoms with Crippen molar-refractivity contribution in [1.29, 1.82) is 5.26 Å². The van der Waals surface area contributed by atoms with E-state index >= 15 is 0 Å². The molecule has 1 rings (SSSR count). The number of nitrogens with two attached hydrogens (primary N) is 1. The molecule has 5 heteroatoms. The zero-order chi connectivity index (χ0) is 12.1. The van der Waals surface area contributed by atoms with Crippen LogP contribution in [-0.4, -0.2) is 5.91 Å². The maximum absolute atomic E-state index is 12.6. The maximum Gasteiger partial charge on any atom is 0.240 e. The Hall–Kier alpha value is -2.35. The molecule has 0 radical (unpaired) electrons. The fourth-order valence-electron chi connectivity index (χ4n) is 1.10. The Balaban J connectivity index is 2.75. The fourth-order valence-corrected chi connectivity index (χ4v) is 1.10. The number of halogens is 1. The van der Waals surface area contributed by atoms with Gasteiger partial charge < -0.3 is 11.1 Å². The third kappa shape index (κ3) is 2.82. The zero-order valence-corrected chi connectivity index (χ0v) is 8.40. The van der Waals surface area contributed by atoms with Crippen molar-refractivity contribution >= 4 is 11.6 Å². The lowest BCUT2D eigenvalue weighted by Gasteiger charge is -2.11. The highest BCUT2D eigenvalue weighted by atomic mass is 19.1. The Morgan fingerprint density at radius 2 is 2.06 bits per heavy atom. The van der Waals surface area contributed by atoms with E-state index in [1.165, 1.54) is 24.3 Å². The molecule has 1 atom stereocenters. The topological polar surface area (TPSA) is 78.9 Å². The van der Waals surface area contributed by atoms with Gasteiger partial charge in [-0.1, -0.05) is 6.58 Å². The van der Waals surface area contributed by atoms with E-state index < -0.39 is 11.8 Å². The second-order valence-electron chi connectivity index (χ2n) is 3.12. The Morgan fingerprint density at radius 1 is 1.50 bits per heavy atom. The van der Waals surface area contributed by atoms with Crippen molar-refractivity contribution in [3.8, 4) is 6.07 Å². The van der Waals surface area contributed by atoms with Crippen LogP contribution < -0.4 is 11.1 Å². The molecule has 3 N–H and O–H groups in total. The SMILES string of the molecule is C=C(Nc1ccc(F)cc1)[C@@H](C#N)C(N)=O. The van der Waals surface area contributed by atoms with E-state index in [9.17, 15) is 9.18 Å². The number of rotatable bonds is 4. The van der Waals surface area contributed by atoms with Gasteiger partial charge in [0.25, 0.3) is 0 Å². The molecule has 0 fully saturated rings. The molecule has 0 aliphatic carbocycles. The summed E-state index contributed by atoms with van der Waals surface area (Å²) in [6, 6.07) is 7.16. The normalized spacial score (nSPS) is 11.2. The summed E-state index contributed by atoms with van der Waals surface area (Å²) in [5.41, 5.74) is 5.71. The van der Waals surface area contributed by atoms with Crippen LogP contribution in [-0.2, 0) is 4.79 Å². The van der Waals surface area contributed by atoms with Gasteiger partial charge in [-0.15, -0.1) is 0 Å². The van der Waals surface area contributed by atoms with Crippen molar-refractivity contribution in [3.05, 3.63) is 42.4 Å². The minimum atomic E-state index is -1.11. The third-order valence-corrected chi connectivity index (χ3v) is 1.91. The summed E-state index contributed by atoms with van der Waals surface area (Å²) < 4.78 is 12.6. The Morgan fingerprint density at radius 3 is 2.50 bits per heavy atom. The fraction of sp³-hybridized carbons (Fsp3) is 0.0909. The van der Waals surface area contributed by atoms with Crippen LogP contribution in [0.4, 0.5) is 10.1 Å². The number of nitrogens with one attached hydrogen (secondary N) is 1. The Bertz CT molecular complexity index is 447. The van der Waals surface area contributed by atoms with E-state index in [0.29, 0.717) is 5.69 Å². The lowest BCUT2D eigenvalue weighted by molar-refractivity contribution is -0.119. The Kier molecular flexibility index (Phi) is 3.62. The molecular formula is C11H10FN3O. The predicted octanol–water partition coefficient (Wildman–Crippen LogP) is 1.38. The summed E-state index contributed by atoms with van der Waals surface area (Å²) in [5, 5.41) is 11.4. The summed E-state index contributed by atoms with van der Waals surface area (Å²) >= 11 is 0. The molecule has 0 spiro atoms. The zero-order valence-electron chi connectivity index (χ0n) is 8.40. The average Bonchev–Trinajstić information content (AvgIpc) is 2.22. The van der Waals surface area contributed by atoms with E-state index in [1.807, 2.05) is 0 Å². The highest BCUT2D eigenvalue weighted by molar-refractivity contribution is 5.83. The lowest BCUT2D eigenvalue weighted by Crippen LogP contribution is -2.26. The number of hydrogen-bond acceptors (Lipinski definition) is 3. The monoisotopic (exact) mass is 219 g/mol. The second kappa shape index (κ2) is 4.94. The van der Waals surface area contributed by atoms with Crippen LogP contribution in [0.25, 0.3) is 0 Å². The van der Waals surface area contributed by atoms with Crippen LogP contribution in [0.2, 0.25) is 0 Å². The smallest absolute Gasteiger partial charge is 0.240 e. The van der Waals surface area contributed by atoms with Gasteiger partial charge in [0.2, 0.25) is 5.91 Å². The van der Waals surface area contributed by atoms with Gasteiger partial charge in [-0.3, -0.25) is 4.79 Å². The first-order chi connectivity index (χ1) is 7.54. The number of carbonyl (C=O) groups is 1. The number of primary amides is 1. The van der Waals surface area contributed by atoms with Crippen molar-refractivity contribution in [2.24, 2.45) is 11.7 Å². The van der Waals surface area contributed by atoms with Gasteiger partial charge in [0.1, 0.15) is 5.82 Å². The summed E-state index contributed by atoms with van der Waals surface area (Å²) in [6.45, 7) is 3.54. The molecular weight excluding hydrogens is 209 g/mol. The first-order valence-corrected chi connectivity index (χ1v) is 4.45. The quantitative estimate of drug-likeness (QED) is 0.802. The molecule has 16 heavy (non-hydrogen) atoms. The Labute approximate surface area is 92.2 Å². The molecule has 1 aromatic rings. The van der Waals surface area contributed by atoms with Crippen LogP contribution in [0.5, 0.6) is 0 Å².